The molecule has 0 atom stereocenters. The molecule has 0 aliphatic rings. The van der Waals surface area contributed by atoms with E-state index in [4.69, 9.17) is 0 Å². The van der Waals surface area contributed by atoms with Gasteiger partial charge in [0.15, 0.2) is 0 Å². The molecule has 2 heterocycles. The third-order valence-electron chi connectivity index (χ3n) is 2.47. The van der Waals surface area contributed by atoms with E-state index in [1.165, 1.54) is 11.1 Å². The van der Waals surface area contributed by atoms with E-state index in [1.807, 2.05) is 42.5 Å². The van der Waals surface area contributed by atoms with Gasteiger partial charge >= 0.3 is 0 Å². The number of nitrogens with one attached hydrogen (secondary N) is 1. The van der Waals surface area contributed by atoms with Gasteiger partial charge < -0.3 is 5.32 Å². The zero-order valence-electron chi connectivity index (χ0n) is 10.2. The van der Waals surface area contributed by atoms with Gasteiger partial charge in [-0.3, -0.25) is 9.97 Å². The Kier molecular flexibility index (Phi) is 5.69. The Morgan fingerprint density at radius 2 is 1.72 bits per heavy atom. The lowest BCUT2D eigenvalue weighted by Crippen LogP contribution is -2.16. The Morgan fingerprint density at radius 1 is 1.00 bits per heavy atom. The van der Waals surface area contributed by atoms with Crippen LogP contribution < -0.4 is 5.32 Å². The number of hydrogen-bond donors (Lipinski definition) is 1. The molecule has 0 amide bonds. The van der Waals surface area contributed by atoms with Crippen molar-refractivity contribution in [3.05, 3.63) is 60.2 Å². The minimum atomic E-state index is 0.890. The maximum Gasteiger partial charge on any atom is 0.0312 e. The Morgan fingerprint density at radius 3 is 2.39 bits per heavy atom. The van der Waals surface area contributed by atoms with E-state index in [-0.39, 0.29) is 0 Å². The van der Waals surface area contributed by atoms with E-state index in [0.29, 0.717) is 0 Å². The fourth-order valence-electron chi connectivity index (χ4n) is 1.55. The first-order valence-electron chi connectivity index (χ1n) is 6.01. The molecule has 0 unspecified atom stereocenters. The second-order valence-corrected chi connectivity index (χ2v) is 5.06. The minimum Gasteiger partial charge on any atom is -0.312 e. The van der Waals surface area contributed by atoms with E-state index >= 15 is 0 Å². The van der Waals surface area contributed by atoms with E-state index < -0.39 is 0 Å². The first-order valence-corrected chi connectivity index (χ1v) is 7.17. The summed E-state index contributed by atoms with van der Waals surface area (Å²) in [5.74, 6) is 2.14. The first kappa shape index (κ1) is 13.1. The van der Waals surface area contributed by atoms with Crippen LogP contribution in [-0.4, -0.2) is 22.3 Å². The lowest BCUT2D eigenvalue weighted by molar-refractivity contribution is 0.729. The molecular weight excluding hydrogens is 242 g/mol. The van der Waals surface area contributed by atoms with Gasteiger partial charge in [-0.05, 0) is 23.3 Å². The molecule has 0 aliphatic carbocycles. The highest BCUT2D eigenvalue weighted by molar-refractivity contribution is 7.98. The van der Waals surface area contributed by atoms with Crippen molar-refractivity contribution in [3.63, 3.8) is 0 Å². The molecule has 0 fully saturated rings. The Hall–Kier alpha value is -1.39. The van der Waals surface area contributed by atoms with Crippen molar-refractivity contribution in [1.82, 2.24) is 15.3 Å². The summed E-state index contributed by atoms with van der Waals surface area (Å²) in [4.78, 5) is 8.19. The highest BCUT2D eigenvalue weighted by atomic mass is 32.2. The molecule has 3 nitrogen and oxygen atoms in total. The molecular formula is C14H17N3S. The smallest absolute Gasteiger partial charge is 0.0312 e. The van der Waals surface area contributed by atoms with Crippen LogP contribution in [0.5, 0.6) is 0 Å². The summed E-state index contributed by atoms with van der Waals surface area (Å²) in [7, 11) is 0. The summed E-state index contributed by atoms with van der Waals surface area (Å²) < 4.78 is 0. The number of pyridine rings is 2. The molecule has 2 rings (SSSR count). The van der Waals surface area contributed by atoms with E-state index in [1.54, 1.807) is 6.20 Å². The van der Waals surface area contributed by atoms with Crippen LogP contribution in [0.4, 0.5) is 0 Å². The van der Waals surface area contributed by atoms with Gasteiger partial charge in [0.1, 0.15) is 0 Å². The largest absolute Gasteiger partial charge is 0.312 e. The van der Waals surface area contributed by atoms with Crippen LogP contribution in [0.1, 0.15) is 11.1 Å². The number of thioether (sulfide) groups is 1. The molecule has 4 heteroatoms. The van der Waals surface area contributed by atoms with Crippen molar-refractivity contribution < 1.29 is 0 Å². The third kappa shape index (κ3) is 4.85. The summed E-state index contributed by atoms with van der Waals surface area (Å²) in [6.45, 7) is 1.90. The van der Waals surface area contributed by atoms with Crippen molar-refractivity contribution in [2.75, 3.05) is 12.3 Å². The predicted octanol–water partition coefficient (Wildman–Crippen LogP) is 2.50. The summed E-state index contributed by atoms with van der Waals surface area (Å²) in [5.41, 5.74) is 2.52. The fraction of sp³-hybridized carbons (Fsp3) is 0.286. The highest BCUT2D eigenvalue weighted by Gasteiger charge is 1.94. The zero-order chi connectivity index (χ0) is 12.5. The van der Waals surface area contributed by atoms with Crippen molar-refractivity contribution in [2.45, 2.75) is 12.3 Å². The van der Waals surface area contributed by atoms with Crippen molar-refractivity contribution >= 4 is 11.8 Å². The first-order chi connectivity index (χ1) is 8.95. The molecule has 0 aromatic carbocycles. The van der Waals surface area contributed by atoms with Gasteiger partial charge in [0, 0.05) is 49.4 Å². The lowest BCUT2D eigenvalue weighted by Gasteiger charge is -2.04. The molecule has 0 saturated heterocycles. The second-order valence-electron chi connectivity index (χ2n) is 3.95. The number of aromatic nitrogens is 2. The number of rotatable bonds is 7. The van der Waals surface area contributed by atoms with Crippen LogP contribution in [0.15, 0.2) is 49.1 Å². The molecule has 0 bridgehead atoms. The van der Waals surface area contributed by atoms with Gasteiger partial charge in [-0.1, -0.05) is 12.1 Å². The fourth-order valence-corrected chi connectivity index (χ4v) is 2.39. The molecule has 2 aromatic heterocycles. The van der Waals surface area contributed by atoms with Crippen LogP contribution in [0.3, 0.4) is 0 Å². The zero-order valence-corrected chi connectivity index (χ0v) is 11.1. The van der Waals surface area contributed by atoms with E-state index in [9.17, 15) is 0 Å². The molecule has 18 heavy (non-hydrogen) atoms. The quantitative estimate of drug-likeness (QED) is 0.775. The van der Waals surface area contributed by atoms with Crippen LogP contribution in [0.2, 0.25) is 0 Å². The molecule has 0 saturated carbocycles. The monoisotopic (exact) mass is 259 g/mol. The normalized spacial score (nSPS) is 10.4. The summed E-state index contributed by atoms with van der Waals surface area (Å²) in [5, 5.41) is 3.41. The van der Waals surface area contributed by atoms with Gasteiger partial charge in [0.05, 0.1) is 0 Å². The van der Waals surface area contributed by atoms with Crippen molar-refractivity contribution in [1.29, 1.82) is 0 Å². The second kappa shape index (κ2) is 7.84. The van der Waals surface area contributed by atoms with Gasteiger partial charge in [0.2, 0.25) is 0 Å². The number of hydrogen-bond acceptors (Lipinski definition) is 4. The molecule has 1 N–H and O–H groups in total. The van der Waals surface area contributed by atoms with Gasteiger partial charge in [-0.2, -0.15) is 11.8 Å². The number of nitrogens with zero attached hydrogens (tertiary/aromatic N) is 2. The average Bonchev–Trinajstić information content (AvgIpc) is 2.45. The molecule has 94 valence electrons. The Bertz CT molecular complexity index is 390. The SMILES string of the molecule is c1cncc(CNCCSCc2cccnc2)c1. The summed E-state index contributed by atoms with van der Waals surface area (Å²) >= 11 is 1.92. The molecule has 0 aliphatic heterocycles. The molecule has 2 aromatic rings. The van der Waals surface area contributed by atoms with E-state index in [0.717, 1.165) is 24.6 Å². The minimum absolute atomic E-state index is 0.890. The van der Waals surface area contributed by atoms with Gasteiger partial charge in [0.25, 0.3) is 0 Å². The predicted molar refractivity (Wildman–Crippen MR) is 76.3 cm³/mol. The van der Waals surface area contributed by atoms with Crippen LogP contribution in [0, 0.1) is 0 Å². The lowest BCUT2D eigenvalue weighted by atomic mass is 10.3. The van der Waals surface area contributed by atoms with Crippen molar-refractivity contribution in [3.8, 4) is 0 Å². The van der Waals surface area contributed by atoms with E-state index in [2.05, 4.69) is 27.4 Å². The average molecular weight is 259 g/mol. The maximum atomic E-state index is 4.10. The molecule has 0 spiro atoms. The topological polar surface area (TPSA) is 37.8 Å². The standard InChI is InChI=1S/C14H17N3S/c1-3-13(9-15-5-1)10-17-7-8-18-12-14-4-2-6-16-11-14/h1-6,9,11,17H,7-8,10,12H2. The Labute approximate surface area is 112 Å². The van der Waals surface area contributed by atoms with Gasteiger partial charge in [-0.15, -0.1) is 0 Å². The summed E-state index contributed by atoms with van der Waals surface area (Å²) in [6.07, 6.45) is 7.43. The Balaban J connectivity index is 1.54. The highest BCUT2D eigenvalue weighted by Crippen LogP contribution is 2.09. The van der Waals surface area contributed by atoms with Crippen LogP contribution in [0.25, 0.3) is 0 Å². The summed E-state index contributed by atoms with van der Waals surface area (Å²) in [6, 6.07) is 8.15. The van der Waals surface area contributed by atoms with Gasteiger partial charge in [-0.25, -0.2) is 0 Å². The van der Waals surface area contributed by atoms with Crippen LogP contribution in [-0.2, 0) is 12.3 Å². The molecule has 0 radical (unpaired) electrons. The third-order valence-corrected chi connectivity index (χ3v) is 3.50. The van der Waals surface area contributed by atoms with Crippen molar-refractivity contribution in [2.24, 2.45) is 0 Å². The van der Waals surface area contributed by atoms with Crippen LogP contribution >= 0.6 is 11.8 Å². The maximum absolute atomic E-state index is 4.10.